The molecule has 3 heterocycles. The molecule has 9 heteroatoms. The van der Waals surface area contributed by atoms with Gasteiger partial charge in [0.15, 0.2) is 0 Å². The molecule has 0 radical (unpaired) electrons. The SMILES string of the molecule is Cc1sc(NC(=O)[C@H]2CCCN2S(=O)(=O)c2cccs2)c(C#N)c1C. The molecule has 0 unspecified atom stereocenters. The number of aryl methyl sites for hydroxylation is 1. The van der Waals surface area contributed by atoms with E-state index >= 15 is 0 Å². The standard InChI is InChI=1S/C16H17N3O3S3/c1-10-11(2)24-16(12(10)9-17)18-15(20)13-5-3-7-19(13)25(21,22)14-6-4-8-23-14/h4,6,8,13H,3,5,7H2,1-2H3,(H,18,20)/t13-/m1/s1. The van der Waals surface area contributed by atoms with Crippen molar-refractivity contribution in [3.05, 3.63) is 33.5 Å². The molecule has 1 amide bonds. The molecule has 132 valence electrons. The number of amides is 1. The van der Waals surface area contributed by atoms with Crippen LogP contribution in [0.3, 0.4) is 0 Å². The number of nitriles is 1. The highest BCUT2D eigenvalue weighted by Gasteiger charge is 2.40. The molecule has 1 aliphatic rings. The van der Waals surface area contributed by atoms with Crippen LogP contribution in [0, 0.1) is 25.2 Å². The molecule has 0 spiro atoms. The minimum atomic E-state index is -3.67. The quantitative estimate of drug-likeness (QED) is 0.861. The second kappa shape index (κ2) is 6.88. The third-order valence-electron chi connectivity index (χ3n) is 4.30. The molecule has 0 bridgehead atoms. The summed E-state index contributed by atoms with van der Waals surface area (Å²) < 4.78 is 27.0. The van der Waals surface area contributed by atoms with Crippen LogP contribution in [0.2, 0.25) is 0 Å². The van der Waals surface area contributed by atoms with Crippen molar-refractivity contribution in [1.29, 1.82) is 5.26 Å². The van der Waals surface area contributed by atoms with Crippen LogP contribution in [0.5, 0.6) is 0 Å². The number of rotatable bonds is 4. The zero-order valence-electron chi connectivity index (χ0n) is 13.8. The van der Waals surface area contributed by atoms with Crippen LogP contribution in [-0.2, 0) is 14.8 Å². The Morgan fingerprint density at radius 1 is 1.44 bits per heavy atom. The number of thiophene rings is 2. The maximum Gasteiger partial charge on any atom is 0.253 e. The van der Waals surface area contributed by atoms with Crippen molar-refractivity contribution in [2.75, 3.05) is 11.9 Å². The smallest absolute Gasteiger partial charge is 0.253 e. The monoisotopic (exact) mass is 395 g/mol. The van der Waals surface area contributed by atoms with E-state index in [1.54, 1.807) is 17.5 Å². The van der Waals surface area contributed by atoms with E-state index in [1.165, 1.54) is 15.6 Å². The van der Waals surface area contributed by atoms with Gasteiger partial charge in [0.1, 0.15) is 21.3 Å². The summed E-state index contributed by atoms with van der Waals surface area (Å²) in [6.07, 6.45) is 1.11. The molecule has 25 heavy (non-hydrogen) atoms. The van der Waals surface area contributed by atoms with E-state index in [0.717, 1.165) is 21.8 Å². The Kier molecular flexibility index (Phi) is 4.97. The van der Waals surface area contributed by atoms with Gasteiger partial charge in [-0.3, -0.25) is 4.79 Å². The zero-order chi connectivity index (χ0) is 18.2. The highest BCUT2D eigenvalue weighted by atomic mass is 32.2. The molecule has 0 aromatic carbocycles. The summed E-state index contributed by atoms with van der Waals surface area (Å²) in [4.78, 5) is 13.7. The summed E-state index contributed by atoms with van der Waals surface area (Å²) in [7, 11) is -3.67. The van der Waals surface area contributed by atoms with Crippen molar-refractivity contribution in [2.45, 2.75) is 36.9 Å². The first kappa shape index (κ1) is 18.1. The molecule has 2 aromatic rings. The van der Waals surface area contributed by atoms with Gasteiger partial charge in [0.25, 0.3) is 10.0 Å². The number of carbonyl (C=O) groups is 1. The maximum absolute atomic E-state index is 12.8. The van der Waals surface area contributed by atoms with Crippen LogP contribution in [-0.4, -0.2) is 31.2 Å². The molecule has 1 N–H and O–H groups in total. The summed E-state index contributed by atoms with van der Waals surface area (Å²) in [5.74, 6) is -0.379. The van der Waals surface area contributed by atoms with Crippen LogP contribution >= 0.6 is 22.7 Å². The molecule has 1 fully saturated rings. The van der Waals surface area contributed by atoms with Crippen molar-refractivity contribution in [3.63, 3.8) is 0 Å². The molecule has 1 atom stereocenters. The summed E-state index contributed by atoms with van der Waals surface area (Å²) in [5.41, 5.74) is 1.29. The first-order valence-electron chi connectivity index (χ1n) is 7.72. The fourth-order valence-electron chi connectivity index (χ4n) is 2.86. The zero-order valence-corrected chi connectivity index (χ0v) is 16.2. The number of nitrogens with zero attached hydrogens (tertiary/aromatic N) is 2. The van der Waals surface area contributed by atoms with E-state index in [-0.39, 0.29) is 10.1 Å². The van der Waals surface area contributed by atoms with Crippen molar-refractivity contribution < 1.29 is 13.2 Å². The molecule has 1 saturated heterocycles. The van der Waals surface area contributed by atoms with E-state index in [1.807, 2.05) is 13.8 Å². The maximum atomic E-state index is 12.8. The number of sulfonamides is 1. The lowest BCUT2D eigenvalue weighted by Crippen LogP contribution is -2.42. The van der Waals surface area contributed by atoms with Gasteiger partial charge in [-0.15, -0.1) is 22.7 Å². The molecular weight excluding hydrogens is 378 g/mol. The average molecular weight is 396 g/mol. The Morgan fingerprint density at radius 3 is 2.84 bits per heavy atom. The van der Waals surface area contributed by atoms with Crippen molar-refractivity contribution in [3.8, 4) is 6.07 Å². The second-order valence-electron chi connectivity index (χ2n) is 5.79. The fraction of sp³-hybridized carbons (Fsp3) is 0.375. The van der Waals surface area contributed by atoms with Crippen LogP contribution in [0.4, 0.5) is 5.00 Å². The van der Waals surface area contributed by atoms with Gasteiger partial charge in [0.2, 0.25) is 5.91 Å². The van der Waals surface area contributed by atoms with E-state index in [4.69, 9.17) is 0 Å². The normalized spacial score (nSPS) is 18.2. The van der Waals surface area contributed by atoms with Gasteiger partial charge < -0.3 is 5.32 Å². The van der Waals surface area contributed by atoms with Crippen LogP contribution < -0.4 is 5.32 Å². The number of carbonyl (C=O) groups excluding carboxylic acids is 1. The second-order valence-corrected chi connectivity index (χ2v) is 10.1. The van der Waals surface area contributed by atoms with Gasteiger partial charge in [-0.1, -0.05) is 6.07 Å². The molecule has 3 rings (SSSR count). The van der Waals surface area contributed by atoms with Gasteiger partial charge in [-0.05, 0) is 43.7 Å². The van der Waals surface area contributed by atoms with Crippen LogP contribution in [0.25, 0.3) is 0 Å². The van der Waals surface area contributed by atoms with Gasteiger partial charge in [0.05, 0.1) is 5.56 Å². The highest BCUT2D eigenvalue weighted by molar-refractivity contribution is 7.91. The third kappa shape index (κ3) is 3.22. The number of hydrogen-bond donors (Lipinski definition) is 1. The van der Waals surface area contributed by atoms with E-state index < -0.39 is 16.1 Å². The number of nitrogens with one attached hydrogen (secondary N) is 1. The van der Waals surface area contributed by atoms with E-state index in [0.29, 0.717) is 30.0 Å². The molecular formula is C16H17N3O3S3. The minimum absolute atomic E-state index is 0.243. The summed E-state index contributed by atoms with van der Waals surface area (Å²) >= 11 is 2.48. The Balaban J connectivity index is 1.85. The largest absolute Gasteiger partial charge is 0.315 e. The third-order valence-corrected chi connectivity index (χ3v) is 8.70. The van der Waals surface area contributed by atoms with Gasteiger partial charge in [0, 0.05) is 11.4 Å². The molecule has 0 saturated carbocycles. The summed E-state index contributed by atoms with van der Waals surface area (Å²) in [6, 6.07) is 4.59. The van der Waals surface area contributed by atoms with Crippen LogP contribution in [0.1, 0.15) is 28.8 Å². The van der Waals surface area contributed by atoms with E-state index in [2.05, 4.69) is 11.4 Å². The van der Waals surface area contributed by atoms with E-state index in [9.17, 15) is 18.5 Å². The Morgan fingerprint density at radius 2 is 2.20 bits per heavy atom. The molecule has 0 aliphatic carbocycles. The van der Waals surface area contributed by atoms with Crippen LogP contribution in [0.15, 0.2) is 21.7 Å². The predicted octanol–water partition coefficient (Wildman–Crippen LogP) is 3.09. The topological polar surface area (TPSA) is 90.3 Å². The van der Waals surface area contributed by atoms with Gasteiger partial charge in [-0.2, -0.15) is 9.57 Å². The lowest BCUT2D eigenvalue weighted by atomic mass is 10.2. The first-order valence-corrected chi connectivity index (χ1v) is 10.9. The first-order chi connectivity index (χ1) is 11.9. The van der Waals surface area contributed by atoms with Crippen molar-refractivity contribution >= 4 is 43.6 Å². The molecule has 1 aliphatic heterocycles. The van der Waals surface area contributed by atoms with Crippen molar-refractivity contribution in [1.82, 2.24) is 4.31 Å². The Hall–Kier alpha value is -1.73. The number of anilines is 1. The summed E-state index contributed by atoms with van der Waals surface area (Å²) in [5, 5.41) is 14.3. The predicted molar refractivity (Wildman–Crippen MR) is 98.4 cm³/mol. The number of hydrogen-bond acceptors (Lipinski definition) is 6. The summed E-state index contributed by atoms with van der Waals surface area (Å²) in [6.45, 7) is 4.05. The van der Waals surface area contributed by atoms with Crippen molar-refractivity contribution in [2.24, 2.45) is 0 Å². The Bertz CT molecular complexity index is 939. The van der Waals surface area contributed by atoms with Gasteiger partial charge in [-0.25, -0.2) is 8.42 Å². The highest BCUT2D eigenvalue weighted by Crippen LogP contribution is 2.33. The average Bonchev–Trinajstić information content (AvgIpc) is 3.29. The lowest BCUT2D eigenvalue weighted by molar-refractivity contribution is -0.119. The lowest BCUT2D eigenvalue weighted by Gasteiger charge is -2.22. The fourth-order valence-corrected chi connectivity index (χ4v) is 6.65. The molecule has 6 nitrogen and oxygen atoms in total. The minimum Gasteiger partial charge on any atom is -0.315 e. The Labute approximate surface area is 154 Å². The molecule has 2 aromatic heterocycles. The van der Waals surface area contributed by atoms with Gasteiger partial charge >= 0.3 is 0 Å².